The summed E-state index contributed by atoms with van der Waals surface area (Å²) in [6.45, 7) is 3.86. The predicted molar refractivity (Wildman–Crippen MR) is 122 cm³/mol. The Morgan fingerprint density at radius 3 is 2.32 bits per heavy atom. The van der Waals surface area contributed by atoms with Crippen molar-refractivity contribution in [3.8, 4) is 11.6 Å². The molecule has 0 radical (unpaired) electrons. The number of thioether (sulfide) groups is 1. The monoisotopic (exact) mass is 432 g/mol. The fourth-order valence-corrected chi connectivity index (χ4v) is 4.13. The van der Waals surface area contributed by atoms with Crippen LogP contribution >= 0.6 is 11.8 Å². The maximum absolute atomic E-state index is 12.9. The van der Waals surface area contributed by atoms with Crippen LogP contribution in [-0.4, -0.2) is 37.9 Å². The number of hydrogen-bond acceptors (Lipinski definition) is 5. The molecule has 4 aromatic rings. The number of furan rings is 1. The Morgan fingerprint density at radius 2 is 1.68 bits per heavy atom. The van der Waals surface area contributed by atoms with Gasteiger partial charge >= 0.3 is 0 Å². The van der Waals surface area contributed by atoms with Crippen LogP contribution in [0.2, 0.25) is 0 Å². The molecular weight excluding hydrogens is 408 g/mol. The van der Waals surface area contributed by atoms with Crippen LogP contribution in [0.15, 0.2) is 88.6 Å². The number of carbonyl (C=O) groups is 1. The molecule has 2 aromatic carbocycles. The SMILES string of the molecule is CCN(Cc1ccccc1)C(=O)CSc1nnc(-c2ccco2)n1Cc1ccccc1. The third-order valence-corrected chi connectivity index (χ3v) is 5.87. The van der Waals surface area contributed by atoms with Crippen molar-refractivity contribution in [1.82, 2.24) is 19.7 Å². The van der Waals surface area contributed by atoms with Gasteiger partial charge in [-0.05, 0) is 30.2 Å². The van der Waals surface area contributed by atoms with Crippen LogP contribution in [0.1, 0.15) is 18.1 Å². The van der Waals surface area contributed by atoms with E-state index in [0.29, 0.717) is 42.1 Å². The summed E-state index contributed by atoms with van der Waals surface area (Å²) < 4.78 is 7.55. The summed E-state index contributed by atoms with van der Waals surface area (Å²) in [4.78, 5) is 14.7. The van der Waals surface area contributed by atoms with Gasteiger partial charge in [-0.3, -0.25) is 9.36 Å². The molecule has 0 fully saturated rings. The largest absolute Gasteiger partial charge is 0.461 e. The first-order chi connectivity index (χ1) is 15.2. The average Bonchev–Trinajstić information content (AvgIpc) is 3.47. The topological polar surface area (TPSA) is 64.2 Å². The molecule has 0 bridgehead atoms. The van der Waals surface area contributed by atoms with Gasteiger partial charge < -0.3 is 9.32 Å². The molecule has 0 aliphatic carbocycles. The summed E-state index contributed by atoms with van der Waals surface area (Å²) in [6, 6.07) is 23.8. The molecule has 4 rings (SSSR count). The maximum atomic E-state index is 12.9. The van der Waals surface area contributed by atoms with Crippen molar-refractivity contribution in [2.24, 2.45) is 0 Å². The molecule has 158 valence electrons. The summed E-state index contributed by atoms with van der Waals surface area (Å²) in [7, 11) is 0. The fourth-order valence-electron chi connectivity index (χ4n) is 3.29. The highest BCUT2D eigenvalue weighted by atomic mass is 32.2. The number of benzene rings is 2. The van der Waals surface area contributed by atoms with Crippen molar-refractivity contribution in [2.45, 2.75) is 25.2 Å². The zero-order valence-corrected chi connectivity index (χ0v) is 18.2. The third kappa shape index (κ3) is 5.24. The van der Waals surface area contributed by atoms with Crippen molar-refractivity contribution in [2.75, 3.05) is 12.3 Å². The molecule has 0 saturated heterocycles. The van der Waals surface area contributed by atoms with E-state index in [0.717, 1.165) is 11.1 Å². The van der Waals surface area contributed by atoms with Gasteiger partial charge in [-0.15, -0.1) is 10.2 Å². The van der Waals surface area contributed by atoms with Crippen molar-refractivity contribution in [3.63, 3.8) is 0 Å². The summed E-state index contributed by atoms with van der Waals surface area (Å²) in [5.74, 6) is 1.68. The zero-order chi connectivity index (χ0) is 21.5. The van der Waals surface area contributed by atoms with Gasteiger partial charge in [0.25, 0.3) is 0 Å². The molecule has 6 nitrogen and oxygen atoms in total. The first-order valence-corrected chi connectivity index (χ1v) is 11.2. The smallest absolute Gasteiger partial charge is 0.233 e. The standard InChI is InChI=1S/C24H24N4O2S/c1-2-27(16-19-10-5-3-6-11-19)22(29)18-31-24-26-25-23(21-14-9-15-30-21)28(24)17-20-12-7-4-8-13-20/h3-15H,2,16-18H2,1H3. The van der Waals surface area contributed by atoms with Gasteiger partial charge in [0.05, 0.1) is 18.6 Å². The quantitative estimate of drug-likeness (QED) is 0.358. The third-order valence-electron chi connectivity index (χ3n) is 4.92. The van der Waals surface area contributed by atoms with E-state index in [1.165, 1.54) is 11.8 Å². The van der Waals surface area contributed by atoms with Gasteiger partial charge in [0, 0.05) is 13.1 Å². The first-order valence-electron chi connectivity index (χ1n) is 10.2. The Labute approximate surface area is 185 Å². The van der Waals surface area contributed by atoms with Gasteiger partial charge in [-0.25, -0.2) is 0 Å². The average molecular weight is 433 g/mol. The van der Waals surface area contributed by atoms with E-state index in [2.05, 4.69) is 22.3 Å². The number of aromatic nitrogens is 3. The summed E-state index contributed by atoms with van der Waals surface area (Å²) in [5.41, 5.74) is 2.25. The lowest BCUT2D eigenvalue weighted by Crippen LogP contribution is -2.31. The van der Waals surface area contributed by atoms with E-state index in [1.807, 2.05) is 77.1 Å². The summed E-state index contributed by atoms with van der Waals surface area (Å²) in [6.07, 6.45) is 1.62. The highest BCUT2D eigenvalue weighted by Crippen LogP contribution is 2.26. The second-order valence-corrected chi connectivity index (χ2v) is 7.98. The molecule has 0 unspecified atom stereocenters. The highest BCUT2D eigenvalue weighted by molar-refractivity contribution is 7.99. The number of rotatable bonds is 9. The van der Waals surface area contributed by atoms with Crippen LogP contribution in [0.4, 0.5) is 0 Å². The lowest BCUT2D eigenvalue weighted by Gasteiger charge is -2.20. The van der Waals surface area contributed by atoms with Crippen LogP contribution < -0.4 is 0 Å². The molecule has 0 N–H and O–H groups in total. The maximum Gasteiger partial charge on any atom is 0.233 e. The van der Waals surface area contributed by atoms with Crippen LogP contribution in [0.5, 0.6) is 0 Å². The molecule has 0 aliphatic heterocycles. The molecule has 0 spiro atoms. The van der Waals surface area contributed by atoms with Gasteiger partial charge in [-0.1, -0.05) is 72.4 Å². The number of carbonyl (C=O) groups excluding carboxylic acids is 1. The zero-order valence-electron chi connectivity index (χ0n) is 17.3. The molecule has 0 saturated carbocycles. The fraction of sp³-hybridized carbons (Fsp3) is 0.208. The second kappa shape index (κ2) is 10.1. The van der Waals surface area contributed by atoms with Gasteiger partial charge in [-0.2, -0.15) is 0 Å². The van der Waals surface area contributed by atoms with Gasteiger partial charge in [0.1, 0.15) is 0 Å². The Bertz CT molecular complexity index is 1100. The first kappa shape index (κ1) is 20.9. The van der Waals surface area contributed by atoms with E-state index < -0.39 is 0 Å². The van der Waals surface area contributed by atoms with Crippen molar-refractivity contribution in [3.05, 3.63) is 90.2 Å². The second-order valence-electron chi connectivity index (χ2n) is 7.04. The van der Waals surface area contributed by atoms with Crippen molar-refractivity contribution in [1.29, 1.82) is 0 Å². The Balaban J connectivity index is 1.50. The van der Waals surface area contributed by atoms with E-state index >= 15 is 0 Å². The van der Waals surface area contributed by atoms with Crippen LogP contribution in [0.25, 0.3) is 11.6 Å². The number of amides is 1. The minimum absolute atomic E-state index is 0.0742. The van der Waals surface area contributed by atoms with E-state index in [4.69, 9.17) is 4.42 Å². The van der Waals surface area contributed by atoms with E-state index in [9.17, 15) is 4.79 Å². The lowest BCUT2D eigenvalue weighted by molar-refractivity contribution is -0.128. The Hall–Kier alpha value is -3.32. The number of hydrogen-bond donors (Lipinski definition) is 0. The Kier molecular flexibility index (Phi) is 6.84. The predicted octanol–water partition coefficient (Wildman–Crippen LogP) is 4.73. The minimum atomic E-state index is 0.0742. The lowest BCUT2D eigenvalue weighted by atomic mass is 10.2. The van der Waals surface area contributed by atoms with Crippen LogP contribution in [0.3, 0.4) is 0 Å². The number of nitrogens with zero attached hydrogens (tertiary/aromatic N) is 4. The summed E-state index contributed by atoms with van der Waals surface area (Å²) >= 11 is 1.40. The molecular formula is C24H24N4O2S. The molecule has 7 heteroatoms. The molecule has 1 amide bonds. The molecule has 2 aromatic heterocycles. The molecule has 0 aliphatic rings. The van der Waals surface area contributed by atoms with Gasteiger partial charge in [0.2, 0.25) is 11.7 Å². The minimum Gasteiger partial charge on any atom is -0.461 e. The van der Waals surface area contributed by atoms with Crippen molar-refractivity contribution >= 4 is 17.7 Å². The van der Waals surface area contributed by atoms with Crippen molar-refractivity contribution < 1.29 is 9.21 Å². The molecule has 31 heavy (non-hydrogen) atoms. The highest BCUT2D eigenvalue weighted by Gasteiger charge is 2.19. The van der Waals surface area contributed by atoms with Gasteiger partial charge in [0.15, 0.2) is 10.9 Å². The summed E-state index contributed by atoms with van der Waals surface area (Å²) in [5, 5.41) is 9.39. The Morgan fingerprint density at radius 1 is 0.968 bits per heavy atom. The normalized spacial score (nSPS) is 10.9. The van der Waals surface area contributed by atoms with Crippen LogP contribution in [0, 0.1) is 0 Å². The molecule has 2 heterocycles. The van der Waals surface area contributed by atoms with Crippen LogP contribution in [-0.2, 0) is 17.9 Å². The molecule has 0 atom stereocenters. The van der Waals surface area contributed by atoms with E-state index in [-0.39, 0.29) is 5.91 Å². The van der Waals surface area contributed by atoms with E-state index in [1.54, 1.807) is 6.26 Å².